The van der Waals surface area contributed by atoms with Gasteiger partial charge in [0, 0.05) is 19.2 Å². The molecule has 1 heterocycles. The number of piperidine rings is 1. The van der Waals surface area contributed by atoms with Gasteiger partial charge in [-0.2, -0.15) is 0 Å². The van der Waals surface area contributed by atoms with Crippen molar-refractivity contribution in [2.24, 2.45) is 5.92 Å². The van der Waals surface area contributed by atoms with Gasteiger partial charge in [-0.1, -0.05) is 36.8 Å². The molecule has 1 aromatic rings. The highest BCUT2D eigenvalue weighted by atomic mass is 16.5. The molecule has 3 heteroatoms. The highest BCUT2D eigenvalue weighted by Crippen LogP contribution is 2.19. The first-order chi connectivity index (χ1) is 9.10. The van der Waals surface area contributed by atoms with Crippen LogP contribution in [-0.4, -0.2) is 43.5 Å². The molecule has 2 atom stereocenters. The number of carbonyl (C=O) groups excluding carboxylic acids is 1. The SMILES string of the molecule is COC1CN(CC(=O)c2ccc(C)cc2)CCC1C. The minimum Gasteiger partial charge on any atom is -0.380 e. The summed E-state index contributed by atoms with van der Waals surface area (Å²) in [6.45, 7) is 6.58. The molecule has 0 aliphatic carbocycles. The fourth-order valence-electron chi connectivity index (χ4n) is 2.58. The number of aryl methyl sites for hydroxylation is 1. The number of ether oxygens (including phenoxy) is 1. The third-order valence-corrected chi connectivity index (χ3v) is 4.02. The van der Waals surface area contributed by atoms with Crippen LogP contribution in [0.3, 0.4) is 0 Å². The van der Waals surface area contributed by atoms with E-state index in [1.807, 2.05) is 31.2 Å². The maximum absolute atomic E-state index is 12.2. The predicted octanol–water partition coefficient (Wildman–Crippen LogP) is 2.53. The lowest BCUT2D eigenvalue weighted by molar-refractivity contribution is -0.00324. The summed E-state index contributed by atoms with van der Waals surface area (Å²) in [6, 6.07) is 7.81. The topological polar surface area (TPSA) is 29.5 Å². The fourth-order valence-corrected chi connectivity index (χ4v) is 2.58. The van der Waals surface area contributed by atoms with Crippen LogP contribution in [0, 0.1) is 12.8 Å². The summed E-state index contributed by atoms with van der Waals surface area (Å²) in [5, 5.41) is 0. The van der Waals surface area contributed by atoms with E-state index in [2.05, 4.69) is 11.8 Å². The Hall–Kier alpha value is -1.19. The van der Waals surface area contributed by atoms with Gasteiger partial charge in [0.15, 0.2) is 5.78 Å². The Bertz CT molecular complexity index is 427. The Morgan fingerprint density at radius 3 is 2.68 bits per heavy atom. The van der Waals surface area contributed by atoms with Crippen LogP contribution in [0.25, 0.3) is 0 Å². The van der Waals surface area contributed by atoms with Crippen molar-refractivity contribution in [2.75, 3.05) is 26.7 Å². The number of hydrogen-bond donors (Lipinski definition) is 0. The van der Waals surface area contributed by atoms with E-state index in [9.17, 15) is 4.79 Å². The Balaban J connectivity index is 1.94. The van der Waals surface area contributed by atoms with Crippen molar-refractivity contribution >= 4 is 5.78 Å². The molecule has 2 unspecified atom stereocenters. The van der Waals surface area contributed by atoms with Crippen LogP contribution >= 0.6 is 0 Å². The summed E-state index contributed by atoms with van der Waals surface area (Å²) in [7, 11) is 1.76. The second-order valence-corrected chi connectivity index (χ2v) is 5.56. The summed E-state index contributed by atoms with van der Waals surface area (Å²) < 4.78 is 5.48. The summed E-state index contributed by atoms with van der Waals surface area (Å²) >= 11 is 0. The standard InChI is InChI=1S/C16H23NO2/c1-12-4-6-14(7-5-12)15(18)10-17-9-8-13(2)16(11-17)19-3/h4-7,13,16H,8-11H2,1-3H3. The van der Waals surface area contributed by atoms with Crippen LogP contribution < -0.4 is 0 Å². The molecule has 0 bridgehead atoms. The van der Waals surface area contributed by atoms with Gasteiger partial charge in [0.1, 0.15) is 0 Å². The third-order valence-electron chi connectivity index (χ3n) is 4.02. The second-order valence-electron chi connectivity index (χ2n) is 5.56. The molecule has 0 saturated carbocycles. The number of methoxy groups -OCH3 is 1. The minimum atomic E-state index is 0.199. The average Bonchev–Trinajstić information content (AvgIpc) is 2.41. The van der Waals surface area contributed by atoms with Gasteiger partial charge in [0.2, 0.25) is 0 Å². The van der Waals surface area contributed by atoms with E-state index in [0.29, 0.717) is 12.5 Å². The number of likely N-dealkylation sites (tertiary alicyclic amines) is 1. The molecule has 1 aliphatic rings. The minimum absolute atomic E-state index is 0.199. The summed E-state index contributed by atoms with van der Waals surface area (Å²) in [5.74, 6) is 0.778. The highest BCUT2D eigenvalue weighted by molar-refractivity contribution is 5.97. The Kier molecular flexibility index (Phi) is 4.72. The van der Waals surface area contributed by atoms with E-state index >= 15 is 0 Å². The number of ketones is 1. The van der Waals surface area contributed by atoms with Crippen molar-refractivity contribution < 1.29 is 9.53 Å². The summed E-state index contributed by atoms with van der Waals surface area (Å²) in [5.41, 5.74) is 1.99. The molecule has 0 N–H and O–H groups in total. The third kappa shape index (κ3) is 3.64. The van der Waals surface area contributed by atoms with Crippen LogP contribution in [0.15, 0.2) is 24.3 Å². The maximum atomic E-state index is 12.2. The monoisotopic (exact) mass is 261 g/mol. The smallest absolute Gasteiger partial charge is 0.176 e. The van der Waals surface area contributed by atoms with Crippen LogP contribution in [0.2, 0.25) is 0 Å². The fraction of sp³-hybridized carbons (Fsp3) is 0.562. The van der Waals surface area contributed by atoms with E-state index in [1.165, 1.54) is 5.56 Å². The van der Waals surface area contributed by atoms with Crippen molar-refractivity contribution in [2.45, 2.75) is 26.4 Å². The Labute approximate surface area is 115 Å². The van der Waals surface area contributed by atoms with Gasteiger partial charge in [-0.25, -0.2) is 0 Å². The predicted molar refractivity (Wildman–Crippen MR) is 76.5 cm³/mol. The molecule has 0 spiro atoms. The molecule has 1 aliphatic heterocycles. The van der Waals surface area contributed by atoms with Gasteiger partial charge >= 0.3 is 0 Å². The van der Waals surface area contributed by atoms with Gasteiger partial charge in [-0.15, -0.1) is 0 Å². The molecule has 19 heavy (non-hydrogen) atoms. The van der Waals surface area contributed by atoms with E-state index in [0.717, 1.165) is 25.1 Å². The normalized spacial score (nSPS) is 24.4. The quantitative estimate of drug-likeness (QED) is 0.780. The largest absolute Gasteiger partial charge is 0.380 e. The van der Waals surface area contributed by atoms with E-state index in [1.54, 1.807) is 7.11 Å². The molecular formula is C16H23NO2. The lowest BCUT2D eigenvalue weighted by atomic mass is 9.95. The van der Waals surface area contributed by atoms with Crippen molar-refractivity contribution in [1.82, 2.24) is 4.90 Å². The van der Waals surface area contributed by atoms with Crippen molar-refractivity contribution in [3.8, 4) is 0 Å². The second kappa shape index (κ2) is 6.31. The molecule has 0 radical (unpaired) electrons. The summed E-state index contributed by atoms with van der Waals surface area (Å²) in [6.07, 6.45) is 1.35. The first-order valence-corrected chi connectivity index (χ1v) is 6.95. The molecule has 2 rings (SSSR count). The van der Waals surface area contributed by atoms with Crippen LogP contribution in [0.1, 0.15) is 29.3 Å². The van der Waals surface area contributed by atoms with Crippen LogP contribution in [0.5, 0.6) is 0 Å². The van der Waals surface area contributed by atoms with Gasteiger partial charge in [0.05, 0.1) is 12.6 Å². The molecule has 104 valence electrons. The van der Waals surface area contributed by atoms with E-state index in [4.69, 9.17) is 4.74 Å². The first-order valence-electron chi connectivity index (χ1n) is 6.95. The van der Waals surface area contributed by atoms with E-state index < -0.39 is 0 Å². The summed E-state index contributed by atoms with van der Waals surface area (Å²) in [4.78, 5) is 14.4. The molecule has 0 aromatic heterocycles. The number of benzene rings is 1. The number of nitrogens with zero attached hydrogens (tertiary/aromatic N) is 1. The van der Waals surface area contributed by atoms with Crippen molar-refractivity contribution in [3.63, 3.8) is 0 Å². The Morgan fingerprint density at radius 1 is 1.37 bits per heavy atom. The van der Waals surface area contributed by atoms with Gasteiger partial charge < -0.3 is 4.74 Å². The lowest BCUT2D eigenvalue weighted by Gasteiger charge is -2.35. The number of hydrogen-bond acceptors (Lipinski definition) is 3. The van der Waals surface area contributed by atoms with Crippen LogP contribution in [0.4, 0.5) is 0 Å². The molecular weight excluding hydrogens is 238 g/mol. The zero-order chi connectivity index (χ0) is 13.8. The van der Waals surface area contributed by atoms with Crippen molar-refractivity contribution in [1.29, 1.82) is 0 Å². The molecule has 1 aromatic carbocycles. The number of carbonyl (C=O) groups is 1. The Morgan fingerprint density at radius 2 is 2.05 bits per heavy atom. The lowest BCUT2D eigenvalue weighted by Crippen LogP contribution is -2.45. The van der Waals surface area contributed by atoms with Crippen LogP contribution in [-0.2, 0) is 4.74 Å². The molecule has 1 saturated heterocycles. The maximum Gasteiger partial charge on any atom is 0.176 e. The zero-order valence-corrected chi connectivity index (χ0v) is 12.1. The number of rotatable bonds is 4. The van der Waals surface area contributed by atoms with Gasteiger partial charge in [0.25, 0.3) is 0 Å². The number of Topliss-reactive ketones (excluding diaryl/α,β-unsaturated/α-hetero) is 1. The molecule has 3 nitrogen and oxygen atoms in total. The average molecular weight is 261 g/mol. The van der Waals surface area contributed by atoms with Gasteiger partial charge in [-0.3, -0.25) is 9.69 Å². The van der Waals surface area contributed by atoms with Gasteiger partial charge in [-0.05, 0) is 25.8 Å². The van der Waals surface area contributed by atoms with E-state index in [-0.39, 0.29) is 11.9 Å². The first kappa shape index (κ1) is 14.2. The molecule has 1 fully saturated rings. The molecule has 0 amide bonds. The van der Waals surface area contributed by atoms with Crippen molar-refractivity contribution in [3.05, 3.63) is 35.4 Å². The highest BCUT2D eigenvalue weighted by Gasteiger charge is 2.27. The zero-order valence-electron chi connectivity index (χ0n) is 12.1.